The summed E-state index contributed by atoms with van der Waals surface area (Å²) in [6.45, 7) is 2.68. The molecular formula is C30H30F3N. The normalized spacial score (nSPS) is 16.8. The molecule has 1 aliphatic heterocycles. The lowest BCUT2D eigenvalue weighted by atomic mass is 9.86. The summed E-state index contributed by atoms with van der Waals surface area (Å²) >= 11 is 0. The molecule has 0 unspecified atom stereocenters. The van der Waals surface area contributed by atoms with Crippen LogP contribution in [-0.2, 0) is 12.8 Å². The molecule has 0 spiro atoms. The van der Waals surface area contributed by atoms with Crippen molar-refractivity contribution in [3.63, 3.8) is 0 Å². The van der Waals surface area contributed by atoms with Crippen molar-refractivity contribution < 1.29 is 13.2 Å². The zero-order valence-corrected chi connectivity index (χ0v) is 19.4. The number of halogens is 3. The molecule has 3 aromatic carbocycles. The van der Waals surface area contributed by atoms with Crippen molar-refractivity contribution in [3.05, 3.63) is 106 Å². The number of allylic oxidation sites excluding steroid dienone is 1. The van der Waals surface area contributed by atoms with Crippen LogP contribution in [0.15, 0.2) is 66.7 Å². The van der Waals surface area contributed by atoms with Crippen molar-refractivity contribution in [2.75, 3.05) is 26.3 Å². The Hall–Kier alpha value is -2.85. The average molecular weight is 462 g/mol. The summed E-state index contributed by atoms with van der Waals surface area (Å²) < 4.78 is 40.9. The highest BCUT2D eigenvalue weighted by atomic mass is 19.1. The van der Waals surface area contributed by atoms with Crippen LogP contribution in [0.1, 0.15) is 47.1 Å². The van der Waals surface area contributed by atoms with Crippen molar-refractivity contribution >= 4 is 11.1 Å². The molecule has 0 saturated carbocycles. The average Bonchev–Trinajstić information content (AvgIpc) is 3.00. The third-order valence-corrected chi connectivity index (χ3v) is 7.13. The minimum Gasteiger partial charge on any atom is -0.303 e. The van der Waals surface area contributed by atoms with Crippen LogP contribution >= 0.6 is 0 Å². The fourth-order valence-corrected chi connectivity index (χ4v) is 5.47. The van der Waals surface area contributed by atoms with Gasteiger partial charge in [-0.05, 0) is 83.6 Å². The van der Waals surface area contributed by atoms with Crippen LogP contribution in [0.25, 0.3) is 11.1 Å². The molecule has 0 atom stereocenters. The van der Waals surface area contributed by atoms with Gasteiger partial charge in [0.2, 0.25) is 0 Å². The van der Waals surface area contributed by atoms with E-state index in [9.17, 15) is 13.2 Å². The summed E-state index contributed by atoms with van der Waals surface area (Å²) in [5, 5.41) is 0. The molecule has 1 nitrogen and oxygen atoms in total. The molecular weight excluding hydrogens is 431 g/mol. The van der Waals surface area contributed by atoms with Crippen molar-refractivity contribution in [1.82, 2.24) is 4.90 Å². The van der Waals surface area contributed by atoms with E-state index in [1.807, 2.05) is 6.07 Å². The number of alkyl halides is 1. The van der Waals surface area contributed by atoms with Gasteiger partial charge in [-0.3, -0.25) is 4.39 Å². The van der Waals surface area contributed by atoms with Gasteiger partial charge in [0.05, 0.1) is 6.67 Å². The topological polar surface area (TPSA) is 3.24 Å². The fraction of sp³-hybridized carbons (Fsp3) is 0.333. The summed E-state index contributed by atoms with van der Waals surface area (Å²) in [7, 11) is 0. The first kappa shape index (κ1) is 22.9. The minimum absolute atomic E-state index is 0.245. The highest BCUT2D eigenvalue weighted by Gasteiger charge is 2.26. The van der Waals surface area contributed by atoms with E-state index in [0.717, 1.165) is 73.7 Å². The predicted octanol–water partition coefficient (Wildman–Crippen LogP) is 7.09. The fourth-order valence-electron chi connectivity index (χ4n) is 5.47. The number of hydrogen-bond acceptors (Lipinski definition) is 1. The van der Waals surface area contributed by atoms with Gasteiger partial charge in [-0.25, -0.2) is 8.78 Å². The lowest BCUT2D eigenvalue weighted by molar-refractivity contribution is 0.0968. The molecule has 2 aliphatic rings. The van der Waals surface area contributed by atoms with E-state index in [-0.39, 0.29) is 6.67 Å². The largest absolute Gasteiger partial charge is 0.303 e. The third-order valence-electron chi connectivity index (χ3n) is 7.13. The molecule has 0 aromatic heterocycles. The Morgan fingerprint density at radius 3 is 2.41 bits per heavy atom. The van der Waals surface area contributed by atoms with Gasteiger partial charge in [0, 0.05) is 31.3 Å². The molecule has 34 heavy (non-hydrogen) atoms. The van der Waals surface area contributed by atoms with Gasteiger partial charge in [0.15, 0.2) is 0 Å². The van der Waals surface area contributed by atoms with Crippen LogP contribution < -0.4 is 0 Å². The van der Waals surface area contributed by atoms with Crippen molar-refractivity contribution in [3.8, 4) is 0 Å². The summed E-state index contributed by atoms with van der Waals surface area (Å²) in [6, 6.07) is 20.9. The number of nitrogens with zero attached hydrogens (tertiary/aromatic N) is 1. The predicted molar refractivity (Wildman–Crippen MR) is 132 cm³/mol. The summed E-state index contributed by atoms with van der Waals surface area (Å²) in [6.07, 6.45) is 4.23. The van der Waals surface area contributed by atoms with E-state index in [1.165, 1.54) is 17.2 Å². The maximum absolute atomic E-state index is 14.9. The molecule has 1 heterocycles. The van der Waals surface area contributed by atoms with E-state index >= 15 is 0 Å². The first-order valence-corrected chi connectivity index (χ1v) is 12.3. The Kier molecular flexibility index (Phi) is 6.87. The Morgan fingerprint density at radius 2 is 1.65 bits per heavy atom. The second-order valence-corrected chi connectivity index (χ2v) is 9.56. The Balaban J connectivity index is 1.47. The van der Waals surface area contributed by atoms with E-state index in [0.29, 0.717) is 17.9 Å². The van der Waals surface area contributed by atoms with Crippen LogP contribution in [0, 0.1) is 17.6 Å². The maximum Gasteiger partial charge on any atom is 0.133 e. The van der Waals surface area contributed by atoms with E-state index in [2.05, 4.69) is 47.4 Å². The monoisotopic (exact) mass is 461 g/mol. The zero-order valence-electron chi connectivity index (χ0n) is 19.4. The number of rotatable bonds is 7. The third kappa shape index (κ3) is 4.83. The Labute approximate surface area is 199 Å². The molecule has 1 aliphatic carbocycles. The van der Waals surface area contributed by atoms with Gasteiger partial charge in [0.1, 0.15) is 11.6 Å². The number of likely N-dealkylation sites (tertiary alicyclic amines) is 1. The standard InChI is InChI=1S/C30H30F3N/c31-15-4-16-34-19-22(20-34)17-21-9-11-24(12-10-21)30-26-7-2-1-5-23(26)6-3-8-28(30)27-14-13-25(32)18-29(27)33/h1-2,5,7,9-14,18,22H,3-4,6,8,15-17,19-20H2. The molecule has 176 valence electrons. The van der Waals surface area contributed by atoms with Crippen LogP contribution in [-0.4, -0.2) is 31.2 Å². The van der Waals surface area contributed by atoms with Gasteiger partial charge in [0.25, 0.3) is 0 Å². The summed E-state index contributed by atoms with van der Waals surface area (Å²) in [5.74, 6) is -0.445. The number of aryl methyl sites for hydroxylation is 1. The molecule has 3 aromatic rings. The summed E-state index contributed by atoms with van der Waals surface area (Å²) in [4.78, 5) is 2.31. The van der Waals surface area contributed by atoms with Crippen molar-refractivity contribution in [2.24, 2.45) is 5.92 Å². The second kappa shape index (κ2) is 10.2. The van der Waals surface area contributed by atoms with Crippen molar-refractivity contribution in [1.29, 1.82) is 0 Å². The molecule has 0 radical (unpaired) electrons. The van der Waals surface area contributed by atoms with Crippen LogP contribution in [0.4, 0.5) is 13.2 Å². The van der Waals surface area contributed by atoms with Gasteiger partial charge in [-0.1, -0.05) is 48.5 Å². The smallest absolute Gasteiger partial charge is 0.133 e. The lowest BCUT2D eigenvalue weighted by Crippen LogP contribution is -2.47. The van der Waals surface area contributed by atoms with Gasteiger partial charge < -0.3 is 4.90 Å². The molecule has 1 saturated heterocycles. The zero-order chi connectivity index (χ0) is 23.5. The molecule has 1 fully saturated rings. The van der Waals surface area contributed by atoms with E-state index in [4.69, 9.17) is 0 Å². The van der Waals surface area contributed by atoms with Crippen LogP contribution in [0.5, 0.6) is 0 Å². The maximum atomic E-state index is 14.9. The molecule has 4 heteroatoms. The SMILES string of the molecule is FCCCN1CC(Cc2ccc(C3=C(c4ccc(F)cc4F)CCCc4ccccc43)cc2)C1. The van der Waals surface area contributed by atoms with Crippen LogP contribution in [0.2, 0.25) is 0 Å². The highest BCUT2D eigenvalue weighted by molar-refractivity contribution is 5.99. The number of hydrogen-bond donors (Lipinski definition) is 0. The summed E-state index contributed by atoms with van der Waals surface area (Å²) in [5.41, 5.74) is 7.23. The van der Waals surface area contributed by atoms with Gasteiger partial charge >= 0.3 is 0 Å². The molecule has 0 amide bonds. The number of benzene rings is 3. The minimum atomic E-state index is -0.555. The van der Waals surface area contributed by atoms with Crippen molar-refractivity contribution in [2.45, 2.75) is 32.1 Å². The van der Waals surface area contributed by atoms with E-state index in [1.54, 1.807) is 6.07 Å². The molecule has 0 bridgehead atoms. The Morgan fingerprint density at radius 1 is 0.853 bits per heavy atom. The first-order valence-electron chi connectivity index (χ1n) is 12.3. The second-order valence-electron chi connectivity index (χ2n) is 9.56. The lowest BCUT2D eigenvalue weighted by Gasteiger charge is -2.39. The molecule has 5 rings (SSSR count). The van der Waals surface area contributed by atoms with E-state index < -0.39 is 11.6 Å². The quantitative estimate of drug-likeness (QED) is 0.363. The highest BCUT2D eigenvalue weighted by Crippen LogP contribution is 2.40. The molecule has 0 N–H and O–H groups in total. The van der Waals surface area contributed by atoms with Gasteiger partial charge in [-0.2, -0.15) is 0 Å². The Bertz CT molecular complexity index is 1180. The van der Waals surface area contributed by atoms with Gasteiger partial charge in [-0.15, -0.1) is 0 Å². The first-order chi connectivity index (χ1) is 16.6. The number of fused-ring (bicyclic) bond motifs is 1. The van der Waals surface area contributed by atoms with Crippen LogP contribution in [0.3, 0.4) is 0 Å².